The van der Waals surface area contributed by atoms with Crippen LogP contribution in [0.15, 0.2) is 35.5 Å². The van der Waals surface area contributed by atoms with Crippen LogP contribution in [0.5, 0.6) is 0 Å². The minimum absolute atomic E-state index is 0.197. The number of allylic oxidation sites excluding steroid dienone is 3. The first kappa shape index (κ1) is 27.7. The summed E-state index contributed by atoms with van der Waals surface area (Å²) in [6.07, 6.45) is 15.1. The summed E-state index contributed by atoms with van der Waals surface area (Å²) in [4.78, 5) is 0. The Balaban J connectivity index is 1.79. The van der Waals surface area contributed by atoms with Gasteiger partial charge in [-0.3, -0.25) is 0 Å². The third-order valence-corrected chi connectivity index (χ3v) is 9.92. The maximum absolute atomic E-state index is 10.7. The van der Waals surface area contributed by atoms with Crippen molar-refractivity contribution in [3.8, 4) is 0 Å². The van der Waals surface area contributed by atoms with Crippen LogP contribution in [-0.2, 0) is 0 Å². The minimum atomic E-state index is -0.622. The van der Waals surface area contributed by atoms with Crippen LogP contribution in [0.1, 0.15) is 105 Å². The molecule has 0 aromatic heterocycles. The number of rotatable bonds is 9. The molecule has 0 bridgehead atoms. The summed E-state index contributed by atoms with van der Waals surface area (Å²) in [7, 11) is 0. The van der Waals surface area contributed by atoms with Crippen molar-refractivity contribution in [3.63, 3.8) is 0 Å². The van der Waals surface area contributed by atoms with Crippen LogP contribution in [0.2, 0.25) is 0 Å². The number of hydrogen-bond acceptors (Lipinski definition) is 3. The van der Waals surface area contributed by atoms with E-state index in [1.54, 1.807) is 5.57 Å². The molecule has 3 aliphatic rings. The Kier molecular flexibility index (Phi) is 9.68. The highest BCUT2D eigenvalue weighted by atomic mass is 16.3. The molecule has 3 rings (SSSR count). The van der Waals surface area contributed by atoms with Gasteiger partial charge in [0.05, 0.1) is 18.3 Å². The fraction of sp³-hybridized carbons (Fsp3) is 0.806. The lowest BCUT2D eigenvalue weighted by Gasteiger charge is -2.46. The highest BCUT2D eigenvalue weighted by Gasteiger charge is 2.51. The maximum Gasteiger partial charge on any atom is 0.0811 e. The molecular weight excluding hydrogens is 420 g/mol. The molecule has 3 fully saturated rings. The van der Waals surface area contributed by atoms with E-state index in [4.69, 9.17) is 0 Å². The van der Waals surface area contributed by atoms with Crippen LogP contribution in [0.25, 0.3) is 0 Å². The Morgan fingerprint density at radius 1 is 1.15 bits per heavy atom. The SMILES string of the molecule is C=C1/C(=C\C=C2/CCC[C@]3(C)[C@@H]([C@H](C)[C@H](CCCC)C[C@H](O)C(C)C)CC[C@@H]23)C[C@@H](O)C[C@@H]1O. The quantitative estimate of drug-likeness (QED) is 0.339. The van der Waals surface area contributed by atoms with Crippen molar-refractivity contribution in [2.24, 2.45) is 35.0 Å². The van der Waals surface area contributed by atoms with Gasteiger partial charge in [0.15, 0.2) is 0 Å². The van der Waals surface area contributed by atoms with Crippen LogP contribution in [0, 0.1) is 35.0 Å². The lowest BCUT2D eigenvalue weighted by Crippen LogP contribution is -2.38. The van der Waals surface area contributed by atoms with E-state index in [9.17, 15) is 15.3 Å². The first-order valence-electron chi connectivity index (χ1n) is 14.2. The van der Waals surface area contributed by atoms with Gasteiger partial charge in [0, 0.05) is 6.42 Å². The second kappa shape index (κ2) is 11.9. The first-order valence-corrected chi connectivity index (χ1v) is 14.2. The van der Waals surface area contributed by atoms with E-state index >= 15 is 0 Å². The van der Waals surface area contributed by atoms with Crippen molar-refractivity contribution >= 4 is 0 Å². The molecule has 194 valence electrons. The minimum Gasteiger partial charge on any atom is -0.393 e. The molecule has 3 heteroatoms. The van der Waals surface area contributed by atoms with E-state index in [2.05, 4.69) is 53.3 Å². The molecule has 0 aromatic carbocycles. The van der Waals surface area contributed by atoms with E-state index in [-0.39, 0.29) is 6.10 Å². The molecule has 0 saturated heterocycles. The molecule has 3 aliphatic carbocycles. The molecule has 3 N–H and O–H groups in total. The molecule has 0 radical (unpaired) electrons. The van der Waals surface area contributed by atoms with E-state index in [0.717, 1.165) is 24.0 Å². The predicted octanol–water partition coefficient (Wildman–Crippen LogP) is 6.98. The smallest absolute Gasteiger partial charge is 0.0811 e. The van der Waals surface area contributed by atoms with Crippen molar-refractivity contribution in [2.75, 3.05) is 0 Å². The summed E-state index contributed by atoms with van der Waals surface area (Å²) >= 11 is 0. The molecule has 0 aliphatic heterocycles. The molecule has 3 saturated carbocycles. The number of aliphatic hydroxyl groups excluding tert-OH is 3. The number of aliphatic hydroxyl groups is 3. The molecule has 3 nitrogen and oxygen atoms in total. The number of unbranched alkanes of at least 4 members (excludes halogenated alkanes) is 1. The van der Waals surface area contributed by atoms with Crippen molar-refractivity contribution < 1.29 is 15.3 Å². The predicted molar refractivity (Wildman–Crippen MR) is 142 cm³/mol. The van der Waals surface area contributed by atoms with E-state index in [1.165, 1.54) is 44.9 Å². The molecule has 0 aromatic rings. The van der Waals surface area contributed by atoms with E-state index < -0.39 is 12.2 Å². The topological polar surface area (TPSA) is 60.7 Å². The Morgan fingerprint density at radius 2 is 1.88 bits per heavy atom. The van der Waals surface area contributed by atoms with Gasteiger partial charge >= 0.3 is 0 Å². The third kappa shape index (κ3) is 6.08. The molecule has 0 amide bonds. The lowest BCUT2D eigenvalue weighted by atomic mass is 9.59. The maximum atomic E-state index is 10.7. The van der Waals surface area contributed by atoms with Gasteiger partial charge in [-0.05, 0) is 91.1 Å². The van der Waals surface area contributed by atoms with Gasteiger partial charge in [0.2, 0.25) is 0 Å². The molecular formula is C31H52O3. The highest BCUT2D eigenvalue weighted by Crippen LogP contribution is 2.60. The van der Waals surface area contributed by atoms with Crippen molar-refractivity contribution in [3.05, 3.63) is 35.5 Å². The second-order valence-corrected chi connectivity index (χ2v) is 12.5. The zero-order valence-electron chi connectivity index (χ0n) is 22.6. The molecule has 34 heavy (non-hydrogen) atoms. The van der Waals surface area contributed by atoms with Gasteiger partial charge in [0.1, 0.15) is 0 Å². The summed E-state index contributed by atoms with van der Waals surface area (Å²) < 4.78 is 0. The molecule has 0 spiro atoms. The van der Waals surface area contributed by atoms with E-state index in [1.807, 2.05) is 0 Å². The summed E-state index contributed by atoms with van der Waals surface area (Å²) in [5.41, 5.74) is 3.68. The van der Waals surface area contributed by atoms with Gasteiger partial charge in [-0.15, -0.1) is 0 Å². The average molecular weight is 473 g/mol. The number of fused-ring (bicyclic) bond motifs is 1. The van der Waals surface area contributed by atoms with Crippen LogP contribution < -0.4 is 0 Å². The Bertz CT molecular complexity index is 750. The second-order valence-electron chi connectivity index (χ2n) is 12.5. The zero-order chi connectivity index (χ0) is 25.0. The fourth-order valence-corrected chi connectivity index (χ4v) is 7.58. The lowest BCUT2D eigenvalue weighted by molar-refractivity contribution is 0.0353. The highest BCUT2D eigenvalue weighted by molar-refractivity contribution is 5.38. The normalized spacial score (nSPS) is 37.3. The zero-order valence-corrected chi connectivity index (χ0v) is 22.6. The van der Waals surface area contributed by atoms with Crippen LogP contribution in [0.4, 0.5) is 0 Å². The largest absolute Gasteiger partial charge is 0.393 e. The number of hydrogen-bond donors (Lipinski definition) is 3. The summed E-state index contributed by atoms with van der Waals surface area (Å²) in [6.45, 7) is 15.7. The van der Waals surface area contributed by atoms with Gasteiger partial charge < -0.3 is 15.3 Å². The first-order chi connectivity index (χ1) is 16.1. The average Bonchev–Trinajstić information content (AvgIpc) is 3.14. The Morgan fingerprint density at radius 3 is 2.56 bits per heavy atom. The van der Waals surface area contributed by atoms with E-state index in [0.29, 0.717) is 47.8 Å². The fourth-order valence-electron chi connectivity index (χ4n) is 7.58. The third-order valence-electron chi connectivity index (χ3n) is 9.92. The van der Waals surface area contributed by atoms with Crippen molar-refractivity contribution in [1.29, 1.82) is 0 Å². The summed E-state index contributed by atoms with van der Waals surface area (Å²) in [5, 5.41) is 31.1. The van der Waals surface area contributed by atoms with Gasteiger partial charge in [0.25, 0.3) is 0 Å². The molecule has 8 atom stereocenters. The molecule has 0 heterocycles. The summed E-state index contributed by atoms with van der Waals surface area (Å²) in [5.74, 6) is 2.90. The van der Waals surface area contributed by atoms with Gasteiger partial charge in [-0.25, -0.2) is 0 Å². The van der Waals surface area contributed by atoms with Crippen LogP contribution in [0.3, 0.4) is 0 Å². The van der Waals surface area contributed by atoms with Crippen LogP contribution in [-0.4, -0.2) is 33.6 Å². The van der Waals surface area contributed by atoms with Crippen LogP contribution >= 0.6 is 0 Å². The summed E-state index contributed by atoms with van der Waals surface area (Å²) in [6, 6.07) is 0. The van der Waals surface area contributed by atoms with Gasteiger partial charge in [-0.2, -0.15) is 0 Å². The standard InChI is InChI=1S/C31H52O3/c1-7-8-10-24(18-29(33)20(2)3)21(4)27-14-15-28-23(11-9-16-31(27,28)6)12-13-25-17-26(32)19-30(34)22(25)5/h12-13,20-21,24,26-30,32-34H,5,7-11,14-19H2,1-4,6H3/b23-12+,25-13-/t21-,24-,26-,27-,28+,29+,30+,31-/m1/s1. The molecule has 0 unspecified atom stereocenters. The Labute approximate surface area is 209 Å². The van der Waals surface area contributed by atoms with Crippen molar-refractivity contribution in [1.82, 2.24) is 0 Å². The monoisotopic (exact) mass is 472 g/mol. The van der Waals surface area contributed by atoms with Gasteiger partial charge in [-0.1, -0.05) is 78.2 Å². The Hall–Kier alpha value is -0.900. The van der Waals surface area contributed by atoms with Crippen molar-refractivity contribution in [2.45, 2.75) is 124 Å².